The number of hydrogen-bond acceptors (Lipinski definition) is 0. The fraction of sp³-hybridized carbons (Fsp3) is 0.778. The topological polar surface area (TPSA) is 0 Å². The van der Waals surface area contributed by atoms with Crippen LogP contribution in [0.2, 0.25) is 0 Å². The fourth-order valence-electron chi connectivity index (χ4n) is 5.81. The SMILES string of the molecule is CC/C=C(\C)CC(C)(C)C/C=C(\C)CC(C)(C)C1=C(C)CCCC1(C)CC. The van der Waals surface area contributed by atoms with Gasteiger partial charge in [-0.25, -0.2) is 0 Å². The molecule has 0 aromatic heterocycles. The highest BCUT2D eigenvalue weighted by molar-refractivity contribution is 5.30. The van der Waals surface area contributed by atoms with Crippen LogP contribution in [0.4, 0.5) is 0 Å². The van der Waals surface area contributed by atoms with E-state index in [1.807, 2.05) is 0 Å². The Morgan fingerprint density at radius 1 is 1.00 bits per heavy atom. The third kappa shape index (κ3) is 6.95. The van der Waals surface area contributed by atoms with E-state index in [-0.39, 0.29) is 5.41 Å². The van der Waals surface area contributed by atoms with Crippen molar-refractivity contribution in [2.45, 2.75) is 121 Å². The monoisotopic (exact) mass is 372 g/mol. The third-order valence-corrected chi connectivity index (χ3v) is 6.80. The first-order chi connectivity index (χ1) is 12.4. The molecule has 1 atom stereocenters. The summed E-state index contributed by atoms with van der Waals surface area (Å²) in [5.74, 6) is 0. The molecule has 0 saturated carbocycles. The van der Waals surface area contributed by atoms with Crippen molar-refractivity contribution >= 4 is 0 Å². The molecule has 1 aliphatic rings. The van der Waals surface area contributed by atoms with Gasteiger partial charge in [-0.15, -0.1) is 0 Å². The van der Waals surface area contributed by atoms with Crippen LogP contribution >= 0.6 is 0 Å². The summed E-state index contributed by atoms with van der Waals surface area (Å²) in [5.41, 5.74) is 7.54. The number of hydrogen-bond donors (Lipinski definition) is 0. The molecule has 0 aromatic rings. The van der Waals surface area contributed by atoms with Crippen molar-refractivity contribution in [1.29, 1.82) is 0 Å². The Hall–Kier alpha value is -0.780. The summed E-state index contributed by atoms with van der Waals surface area (Å²) in [6.45, 7) is 24.0. The molecule has 27 heavy (non-hydrogen) atoms. The largest absolute Gasteiger partial charge is 0.0859 e. The molecule has 0 fully saturated rings. The van der Waals surface area contributed by atoms with E-state index in [4.69, 9.17) is 0 Å². The molecule has 0 nitrogen and oxygen atoms in total. The fourth-order valence-corrected chi connectivity index (χ4v) is 5.81. The molecule has 0 radical (unpaired) electrons. The lowest BCUT2D eigenvalue weighted by Crippen LogP contribution is -2.33. The zero-order valence-electron chi connectivity index (χ0n) is 20.3. The van der Waals surface area contributed by atoms with Crippen LogP contribution in [0.1, 0.15) is 121 Å². The van der Waals surface area contributed by atoms with Crippen LogP contribution in [0.25, 0.3) is 0 Å². The Morgan fingerprint density at radius 2 is 1.59 bits per heavy atom. The molecule has 0 heterocycles. The summed E-state index contributed by atoms with van der Waals surface area (Å²) < 4.78 is 0. The second-order valence-corrected chi connectivity index (χ2v) is 11.0. The van der Waals surface area contributed by atoms with Crippen LogP contribution in [-0.4, -0.2) is 0 Å². The first-order valence-corrected chi connectivity index (χ1v) is 11.4. The Morgan fingerprint density at radius 3 is 2.15 bits per heavy atom. The van der Waals surface area contributed by atoms with Gasteiger partial charge in [0.1, 0.15) is 0 Å². The molecule has 0 saturated heterocycles. The first-order valence-electron chi connectivity index (χ1n) is 11.4. The minimum atomic E-state index is 0.262. The van der Waals surface area contributed by atoms with Crippen molar-refractivity contribution in [3.63, 3.8) is 0 Å². The van der Waals surface area contributed by atoms with Gasteiger partial charge < -0.3 is 0 Å². The molecule has 0 bridgehead atoms. The van der Waals surface area contributed by atoms with Gasteiger partial charge in [0.15, 0.2) is 0 Å². The lowest BCUT2D eigenvalue weighted by atomic mass is 9.59. The Labute approximate surface area is 171 Å². The highest BCUT2D eigenvalue weighted by atomic mass is 14.4. The summed E-state index contributed by atoms with van der Waals surface area (Å²) in [4.78, 5) is 0. The summed E-state index contributed by atoms with van der Waals surface area (Å²) in [6.07, 6.45) is 14.9. The van der Waals surface area contributed by atoms with Crippen molar-refractivity contribution in [3.05, 3.63) is 34.4 Å². The van der Waals surface area contributed by atoms with Gasteiger partial charge in [-0.1, -0.05) is 82.9 Å². The normalized spacial score (nSPS) is 23.2. The van der Waals surface area contributed by atoms with Gasteiger partial charge in [0, 0.05) is 0 Å². The van der Waals surface area contributed by atoms with Crippen LogP contribution in [0, 0.1) is 16.2 Å². The summed E-state index contributed by atoms with van der Waals surface area (Å²) in [7, 11) is 0. The molecule has 1 aliphatic carbocycles. The van der Waals surface area contributed by atoms with E-state index in [2.05, 4.69) is 81.4 Å². The molecule has 0 aromatic carbocycles. The highest BCUT2D eigenvalue weighted by Gasteiger charge is 2.39. The molecule has 1 rings (SSSR count). The van der Waals surface area contributed by atoms with Gasteiger partial charge in [0.05, 0.1) is 0 Å². The van der Waals surface area contributed by atoms with Crippen LogP contribution in [0.5, 0.6) is 0 Å². The maximum Gasteiger partial charge on any atom is -0.00996 e. The second-order valence-electron chi connectivity index (χ2n) is 11.0. The van der Waals surface area contributed by atoms with E-state index in [0.29, 0.717) is 10.8 Å². The molecular weight excluding hydrogens is 324 g/mol. The van der Waals surface area contributed by atoms with E-state index in [0.717, 1.165) is 6.42 Å². The van der Waals surface area contributed by atoms with Crippen LogP contribution < -0.4 is 0 Å². The van der Waals surface area contributed by atoms with Crippen LogP contribution in [0.15, 0.2) is 34.4 Å². The van der Waals surface area contributed by atoms with Crippen molar-refractivity contribution in [2.75, 3.05) is 0 Å². The Bertz CT molecular complexity index is 579. The van der Waals surface area contributed by atoms with Crippen molar-refractivity contribution in [3.8, 4) is 0 Å². The smallest absolute Gasteiger partial charge is 0.00996 e. The molecule has 0 aliphatic heterocycles. The van der Waals surface area contributed by atoms with E-state index in [1.165, 1.54) is 50.5 Å². The zero-order chi connectivity index (χ0) is 20.9. The van der Waals surface area contributed by atoms with Gasteiger partial charge in [-0.3, -0.25) is 0 Å². The van der Waals surface area contributed by atoms with E-state index < -0.39 is 0 Å². The molecular formula is C27H48. The standard InChI is InChI=1S/C27H48/c1-11-14-21(3)19-25(6,7)18-16-22(4)20-26(8,9)24-23(5)15-13-17-27(24,10)12-2/h14,16H,11-13,15,17-20H2,1-10H3/b21-14+,22-16+. The van der Waals surface area contributed by atoms with Gasteiger partial charge in [-0.05, 0) is 88.4 Å². The summed E-state index contributed by atoms with van der Waals surface area (Å²) in [5, 5.41) is 0. The van der Waals surface area contributed by atoms with Gasteiger partial charge in [0.2, 0.25) is 0 Å². The maximum absolute atomic E-state index is 2.53. The second kappa shape index (κ2) is 9.62. The van der Waals surface area contributed by atoms with E-state index in [1.54, 1.807) is 16.7 Å². The average Bonchev–Trinajstić information content (AvgIpc) is 2.52. The average molecular weight is 373 g/mol. The number of allylic oxidation sites excluding steroid dienone is 6. The van der Waals surface area contributed by atoms with E-state index in [9.17, 15) is 0 Å². The van der Waals surface area contributed by atoms with Crippen molar-refractivity contribution < 1.29 is 0 Å². The van der Waals surface area contributed by atoms with Gasteiger partial charge >= 0.3 is 0 Å². The molecule has 0 N–H and O–H groups in total. The lowest BCUT2D eigenvalue weighted by molar-refractivity contribution is 0.239. The minimum absolute atomic E-state index is 0.262. The first kappa shape index (κ1) is 24.3. The Kier molecular flexibility index (Phi) is 8.64. The minimum Gasteiger partial charge on any atom is -0.0859 e. The summed E-state index contributed by atoms with van der Waals surface area (Å²) >= 11 is 0. The predicted octanol–water partition coefficient (Wildman–Crippen LogP) is 9.43. The lowest BCUT2D eigenvalue weighted by Gasteiger charge is -2.45. The predicted molar refractivity (Wildman–Crippen MR) is 124 cm³/mol. The Balaban J connectivity index is 2.92. The highest BCUT2D eigenvalue weighted by Crippen LogP contribution is 2.52. The van der Waals surface area contributed by atoms with Crippen LogP contribution in [-0.2, 0) is 0 Å². The molecule has 0 amide bonds. The summed E-state index contributed by atoms with van der Waals surface area (Å²) in [6, 6.07) is 0. The maximum atomic E-state index is 2.53. The molecule has 156 valence electrons. The van der Waals surface area contributed by atoms with E-state index >= 15 is 0 Å². The number of rotatable bonds is 9. The zero-order valence-corrected chi connectivity index (χ0v) is 20.3. The molecule has 0 spiro atoms. The third-order valence-electron chi connectivity index (χ3n) is 6.80. The van der Waals surface area contributed by atoms with Gasteiger partial charge in [0.25, 0.3) is 0 Å². The molecule has 0 heteroatoms. The van der Waals surface area contributed by atoms with Crippen molar-refractivity contribution in [2.24, 2.45) is 16.2 Å². The van der Waals surface area contributed by atoms with Crippen LogP contribution in [0.3, 0.4) is 0 Å². The molecule has 1 unspecified atom stereocenters. The van der Waals surface area contributed by atoms with Crippen molar-refractivity contribution in [1.82, 2.24) is 0 Å². The quantitative estimate of drug-likeness (QED) is 0.353. The van der Waals surface area contributed by atoms with Gasteiger partial charge in [-0.2, -0.15) is 0 Å².